The van der Waals surface area contributed by atoms with E-state index in [4.69, 9.17) is 11.6 Å². The molecule has 0 spiro atoms. The molecule has 2 amide bonds. The Morgan fingerprint density at radius 1 is 1.04 bits per heavy atom. The summed E-state index contributed by atoms with van der Waals surface area (Å²) in [7, 11) is 0. The summed E-state index contributed by atoms with van der Waals surface area (Å²) in [5.74, 6) is 0. The fourth-order valence-corrected chi connectivity index (χ4v) is 2.91. The summed E-state index contributed by atoms with van der Waals surface area (Å²) in [5, 5.41) is 6.78. The van der Waals surface area contributed by atoms with Gasteiger partial charge in [-0.3, -0.25) is 0 Å². The van der Waals surface area contributed by atoms with Gasteiger partial charge in [0, 0.05) is 11.6 Å². The Hall–Kier alpha value is -2.00. The molecule has 0 bridgehead atoms. The van der Waals surface area contributed by atoms with Crippen molar-refractivity contribution in [1.29, 1.82) is 0 Å². The Morgan fingerprint density at radius 3 is 2.39 bits per heavy atom. The average molecular weight is 329 g/mol. The largest absolute Gasteiger partial charge is 0.338 e. The fourth-order valence-electron chi connectivity index (χ4n) is 2.78. The van der Waals surface area contributed by atoms with Gasteiger partial charge >= 0.3 is 6.03 Å². The minimum atomic E-state index is -0.200. The number of amides is 2. The maximum absolute atomic E-state index is 12.1. The Labute approximate surface area is 142 Å². The normalized spacial score (nSPS) is 15.0. The molecule has 23 heavy (non-hydrogen) atoms. The van der Waals surface area contributed by atoms with Crippen molar-refractivity contribution in [2.24, 2.45) is 0 Å². The Kier molecular flexibility index (Phi) is 4.87. The number of rotatable bonds is 6. The molecule has 1 fully saturated rings. The van der Waals surface area contributed by atoms with Crippen LogP contribution in [-0.4, -0.2) is 12.6 Å². The van der Waals surface area contributed by atoms with Gasteiger partial charge in [0.1, 0.15) is 0 Å². The van der Waals surface area contributed by atoms with E-state index >= 15 is 0 Å². The van der Waals surface area contributed by atoms with Crippen LogP contribution in [0.25, 0.3) is 0 Å². The van der Waals surface area contributed by atoms with Crippen molar-refractivity contribution in [3.8, 4) is 0 Å². The number of aryl methyl sites for hydroxylation is 1. The second-order valence-corrected chi connectivity index (χ2v) is 6.50. The molecule has 0 heterocycles. The second-order valence-electron chi connectivity index (χ2n) is 6.06. The topological polar surface area (TPSA) is 41.1 Å². The highest BCUT2D eigenvalue weighted by atomic mass is 35.5. The number of carbonyl (C=O) groups is 1. The molecule has 3 nitrogen and oxygen atoms in total. The molecule has 0 radical (unpaired) electrons. The number of urea groups is 1. The van der Waals surface area contributed by atoms with E-state index < -0.39 is 0 Å². The van der Waals surface area contributed by atoms with E-state index in [1.54, 1.807) is 0 Å². The van der Waals surface area contributed by atoms with Crippen LogP contribution in [-0.2, 0) is 12.0 Å². The van der Waals surface area contributed by atoms with Crippen LogP contribution >= 0.6 is 11.6 Å². The van der Waals surface area contributed by atoms with Gasteiger partial charge in [0.2, 0.25) is 0 Å². The molecule has 2 aromatic rings. The highest BCUT2D eigenvalue weighted by Gasteiger charge is 2.45. The lowest BCUT2D eigenvalue weighted by molar-refractivity contribution is 0.235. The van der Waals surface area contributed by atoms with Gasteiger partial charge in [-0.1, -0.05) is 54.1 Å². The molecule has 3 rings (SSSR count). The first-order valence-electron chi connectivity index (χ1n) is 8.04. The highest BCUT2D eigenvalue weighted by Crippen LogP contribution is 2.45. The van der Waals surface area contributed by atoms with Gasteiger partial charge in [0.15, 0.2) is 0 Å². The summed E-state index contributed by atoms with van der Waals surface area (Å²) in [6.07, 6.45) is 3.87. The average Bonchev–Trinajstić information content (AvgIpc) is 3.34. The molecule has 4 heteroatoms. The van der Waals surface area contributed by atoms with Gasteiger partial charge in [0.05, 0.1) is 5.54 Å². The second kappa shape index (κ2) is 7.05. The molecule has 0 saturated heterocycles. The summed E-state index contributed by atoms with van der Waals surface area (Å²) in [4.78, 5) is 12.1. The Balaban J connectivity index is 1.43. The zero-order chi connectivity index (χ0) is 16.1. The quantitative estimate of drug-likeness (QED) is 0.764. The summed E-state index contributed by atoms with van der Waals surface area (Å²) in [6, 6.07) is 17.9. The zero-order valence-electron chi connectivity index (χ0n) is 13.0. The molecule has 0 aromatic heterocycles. The molecule has 1 aliphatic rings. The summed E-state index contributed by atoms with van der Waals surface area (Å²) < 4.78 is 0. The number of benzene rings is 2. The third kappa shape index (κ3) is 4.26. The van der Waals surface area contributed by atoms with Crippen LogP contribution in [0.3, 0.4) is 0 Å². The van der Waals surface area contributed by atoms with E-state index in [2.05, 4.69) is 22.8 Å². The van der Waals surface area contributed by atoms with E-state index in [0.29, 0.717) is 6.54 Å². The number of carbonyl (C=O) groups excluding carboxylic acids is 1. The third-order valence-corrected chi connectivity index (χ3v) is 4.52. The van der Waals surface area contributed by atoms with Gasteiger partial charge in [-0.05, 0) is 48.9 Å². The highest BCUT2D eigenvalue weighted by molar-refractivity contribution is 6.30. The van der Waals surface area contributed by atoms with Crippen LogP contribution in [0.2, 0.25) is 5.02 Å². The lowest BCUT2D eigenvalue weighted by Crippen LogP contribution is -2.42. The Morgan fingerprint density at radius 2 is 1.74 bits per heavy atom. The van der Waals surface area contributed by atoms with E-state index in [1.807, 2.05) is 42.5 Å². The van der Waals surface area contributed by atoms with Crippen LogP contribution < -0.4 is 10.6 Å². The van der Waals surface area contributed by atoms with Crippen molar-refractivity contribution in [3.05, 3.63) is 70.7 Å². The van der Waals surface area contributed by atoms with Crippen LogP contribution in [0.15, 0.2) is 54.6 Å². The van der Waals surface area contributed by atoms with Crippen molar-refractivity contribution in [2.45, 2.75) is 31.2 Å². The van der Waals surface area contributed by atoms with Crippen molar-refractivity contribution in [2.75, 3.05) is 6.54 Å². The molecule has 1 aliphatic carbocycles. The minimum absolute atomic E-state index is 0.0921. The zero-order valence-corrected chi connectivity index (χ0v) is 13.8. The summed E-state index contributed by atoms with van der Waals surface area (Å²) in [5.41, 5.74) is 2.23. The molecule has 0 unspecified atom stereocenters. The molecule has 2 aromatic carbocycles. The molecule has 0 atom stereocenters. The maximum atomic E-state index is 12.1. The first kappa shape index (κ1) is 15.9. The SMILES string of the molecule is O=C(NCCCc1ccccc1)NC1(c2ccc(Cl)cc2)CC1. The van der Waals surface area contributed by atoms with Crippen LogP contribution in [0.1, 0.15) is 30.4 Å². The maximum Gasteiger partial charge on any atom is 0.315 e. The lowest BCUT2D eigenvalue weighted by atomic mass is 10.1. The van der Waals surface area contributed by atoms with E-state index in [9.17, 15) is 4.79 Å². The predicted octanol–water partition coefficient (Wildman–Crippen LogP) is 4.26. The first-order valence-corrected chi connectivity index (χ1v) is 8.42. The van der Waals surface area contributed by atoms with E-state index in [1.165, 1.54) is 5.56 Å². The predicted molar refractivity (Wildman–Crippen MR) is 93.7 cm³/mol. The summed E-state index contributed by atoms with van der Waals surface area (Å²) in [6.45, 7) is 0.678. The minimum Gasteiger partial charge on any atom is -0.338 e. The Bertz CT molecular complexity index is 651. The standard InChI is InChI=1S/C19H21ClN2O/c20-17-10-8-16(9-11-17)19(12-13-19)22-18(23)21-14-4-7-15-5-2-1-3-6-15/h1-3,5-6,8-11H,4,7,12-14H2,(H2,21,22,23). The smallest absolute Gasteiger partial charge is 0.315 e. The first-order chi connectivity index (χ1) is 11.2. The number of hydrogen-bond donors (Lipinski definition) is 2. The molecule has 2 N–H and O–H groups in total. The van der Waals surface area contributed by atoms with E-state index in [-0.39, 0.29) is 11.6 Å². The van der Waals surface area contributed by atoms with Gasteiger partial charge < -0.3 is 10.6 Å². The molecular formula is C19H21ClN2O. The van der Waals surface area contributed by atoms with Gasteiger partial charge in [-0.25, -0.2) is 4.79 Å². The molecule has 1 saturated carbocycles. The van der Waals surface area contributed by atoms with E-state index in [0.717, 1.165) is 36.3 Å². The van der Waals surface area contributed by atoms with Gasteiger partial charge in [-0.2, -0.15) is 0 Å². The van der Waals surface area contributed by atoms with Crippen molar-refractivity contribution in [1.82, 2.24) is 10.6 Å². The van der Waals surface area contributed by atoms with Gasteiger partial charge in [0.25, 0.3) is 0 Å². The fraction of sp³-hybridized carbons (Fsp3) is 0.316. The monoisotopic (exact) mass is 328 g/mol. The summed E-state index contributed by atoms with van der Waals surface area (Å²) >= 11 is 5.92. The molecular weight excluding hydrogens is 308 g/mol. The molecule has 0 aliphatic heterocycles. The number of hydrogen-bond acceptors (Lipinski definition) is 1. The van der Waals surface area contributed by atoms with Crippen LogP contribution in [0.5, 0.6) is 0 Å². The lowest BCUT2D eigenvalue weighted by Gasteiger charge is -2.18. The van der Waals surface area contributed by atoms with Gasteiger partial charge in [-0.15, -0.1) is 0 Å². The molecule has 120 valence electrons. The number of halogens is 1. The van der Waals surface area contributed by atoms with Crippen molar-refractivity contribution >= 4 is 17.6 Å². The third-order valence-electron chi connectivity index (χ3n) is 4.27. The van der Waals surface area contributed by atoms with Crippen molar-refractivity contribution in [3.63, 3.8) is 0 Å². The number of nitrogens with one attached hydrogen (secondary N) is 2. The van der Waals surface area contributed by atoms with Crippen LogP contribution in [0, 0.1) is 0 Å². The van der Waals surface area contributed by atoms with Crippen LogP contribution in [0.4, 0.5) is 4.79 Å². The van der Waals surface area contributed by atoms with Crippen molar-refractivity contribution < 1.29 is 4.79 Å².